The molecular weight excluding hydrogens is 212 g/mol. The molecule has 1 atom stereocenters. The molecule has 1 unspecified atom stereocenters. The van der Waals surface area contributed by atoms with E-state index in [4.69, 9.17) is 12.2 Å². The molecule has 0 spiro atoms. The number of thiocarbonyl (C=S) groups is 1. The maximum absolute atomic E-state index is 11.3. The summed E-state index contributed by atoms with van der Waals surface area (Å²) < 4.78 is 0. The maximum Gasteiger partial charge on any atom is 0.198 e. The topological polar surface area (TPSA) is 17.1 Å². The van der Waals surface area contributed by atoms with Crippen molar-refractivity contribution in [1.29, 1.82) is 0 Å². The summed E-state index contributed by atoms with van der Waals surface area (Å²) in [6, 6.07) is 9.52. The van der Waals surface area contributed by atoms with Crippen LogP contribution in [0, 0.1) is 0 Å². The average molecular weight is 224 g/mol. The van der Waals surface area contributed by atoms with Gasteiger partial charge < -0.3 is 0 Å². The lowest BCUT2D eigenvalue weighted by molar-refractivity contribution is -0.110. The second-order valence-corrected chi connectivity index (χ2v) is 3.97. The zero-order chi connectivity index (χ0) is 10.6. The molecule has 74 valence electrons. The number of rotatable bonds is 4. The summed E-state index contributed by atoms with van der Waals surface area (Å²) in [7, 11) is 0. The highest BCUT2D eigenvalue weighted by Gasteiger charge is 2.20. The first kappa shape index (κ1) is 11.4. The minimum absolute atomic E-state index is 0.178. The second kappa shape index (κ2) is 5.27. The van der Waals surface area contributed by atoms with Gasteiger partial charge in [-0.05, 0) is 12.0 Å². The SMILES string of the molecule is CCC(=S)C(C(=O)S)c1ccccc1. The van der Waals surface area contributed by atoms with Gasteiger partial charge in [0, 0.05) is 4.86 Å². The zero-order valence-electron chi connectivity index (χ0n) is 7.93. The van der Waals surface area contributed by atoms with E-state index in [1.807, 2.05) is 37.3 Å². The second-order valence-electron chi connectivity index (χ2n) is 3.00. The van der Waals surface area contributed by atoms with Gasteiger partial charge in [-0.2, -0.15) is 0 Å². The lowest BCUT2D eigenvalue weighted by Crippen LogP contribution is -2.15. The van der Waals surface area contributed by atoms with Gasteiger partial charge in [0.1, 0.15) is 0 Å². The van der Waals surface area contributed by atoms with Crippen LogP contribution in [0.5, 0.6) is 0 Å². The fraction of sp³-hybridized carbons (Fsp3) is 0.273. The highest BCUT2D eigenvalue weighted by atomic mass is 32.1. The van der Waals surface area contributed by atoms with Gasteiger partial charge in [-0.1, -0.05) is 49.5 Å². The Morgan fingerprint density at radius 2 is 2.00 bits per heavy atom. The van der Waals surface area contributed by atoms with E-state index in [1.54, 1.807) is 0 Å². The predicted octanol–water partition coefficient (Wildman–Crippen LogP) is 3.01. The lowest BCUT2D eigenvalue weighted by atomic mass is 9.96. The van der Waals surface area contributed by atoms with Crippen molar-refractivity contribution in [1.82, 2.24) is 0 Å². The number of hydrogen-bond acceptors (Lipinski definition) is 2. The molecular formula is C11H12OS2. The van der Waals surface area contributed by atoms with Gasteiger partial charge in [0.2, 0.25) is 0 Å². The number of thiol groups is 1. The van der Waals surface area contributed by atoms with E-state index in [1.165, 1.54) is 0 Å². The molecule has 0 aliphatic rings. The van der Waals surface area contributed by atoms with Crippen LogP contribution < -0.4 is 0 Å². The Morgan fingerprint density at radius 1 is 1.43 bits per heavy atom. The van der Waals surface area contributed by atoms with E-state index in [0.717, 1.165) is 16.8 Å². The van der Waals surface area contributed by atoms with Gasteiger partial charge in [-0.25, -0.2) is 0 Å². The average Bonchev–Trinajstić information content (AvgIpc) is 2.19. The van der Waals surface area contributed by atoms with Crippen LogP contribution in [0.3, 0.4) is 0 Å². The molecule has 0 amide bonds. The quantitative estimate of drug-likeness (QED) is 0.625. The van der Waals surface area contributed by atoms with Gasteiger partial charge in [-0.3, -0.25) is 4.79 Å². The Morgan fingerprint density at radius 3 is 2.43 bits per heavy atom. The number of carbonyl (C=O) groups is 1. The summed E-state index contributed by atoms with van der Waals surface area (Å²) in [5.74, 6) is -0.334. The van der Waals surface area contributed by atoms with Crippen molar-refractivity contribution in [3.05, 3.63) is 35.9 Å². The zero-order valence-corrected chi connectivity index (χ0v) is 9.65. The first-order chi connectivity index (χ1) is 6.66. The van der Waals surface area contributed by atoms with E-state index >= 15 is 0 Å². The van der Waals surface area contributed by atoms with Crippen LogP contribution in [-0.4, -0.2) is 9.98 Å². The van der Waals surface area contributed by atoms with Crippen molar-refractivity contribution in [3.8, 4) is 0 Å². The summed E-state index contributed by atoms with van der Waals surface area (Å²) in [6.45, 7) is 1.95. The molecule has 0 bridgehead atoms. The Hall–Kier alpha value is -0.670. The smallest absolute Gasteiger partial charge is 0.198 e. The third-order valence-corrected chi connectivity index (χ3v) is 2.83. The fourth-order valence-electron chi connectivity index (χ4n) is 1.32. The van der Waals surface area contributed by atoms with E-state index in [2.05, 4.69) is 12.6 Å². The molecule has 0 saturated carbocycles. The third-order valence-electron chi connectivity index (χ3n) is 2.05. The highest BCUT2D eigenvalue weighted by Crippen LogP contribution is 2.21. The van der Waals surface area contributed by atoms with Gasteiger partial charge in [0.05, 0.1) is 5.92 Å². The molecule has 3 heteroatoms. The molecule has 0 fully saturated rings. The van der Waals surface area contributed by atoms with Crippen LogP contribution in [0.25, 0.3) is 0 Å². The first-order valence-electron chi connectivity index (χ1n) is 4.47. The van der Waals surface area contributed by atoms with Crippen LogP contribution in [-0.2, 0) is 4.79 Å². The van der Waals surface area contributed by atoms with Gasteiger partial charge in [-0.15, -0.1) is 12.6 Å². The first-order valence-corrected chi connectivity index (χ1v) is 5.32. The van der Waals surface area contributed by atoms with Crippen molar-refractivity contribution in [2.45, 2.75) is 19.3 Å². The van der Waals surface area contributed by atoms with Gasteiger partial charge >= 0.3 is 0 Å². The summed E-state index contributed by atoms with van der Waals surface area (Å²) >= 11 is 9.04. The standard InChI is InChI=1S/C11H12OS2/c1-2-9(13)10(11(12)14)8-6-4-3-5-7-8/h3-7,10H,2H2,1H3,(H,12,14). The van der Waals surface area contributed by atoms with E-state index in [0.29, 0.717) is 0 Å². The number of carbonyl (C=O) groups excluding carboxylic acids is 1. The van der Waals surface area contributed by atoms with Crippen molar-refractivity contribution in [2.75, 3.05) is 0 Å². The summed E-state index contributed by atoms with van der Waals surface area (Å²) in [5, 5.41) is -0.178. The molecule has 0 heterocycles. The normalized spacial score (nSPS) is 12.1. The van der Waals surface area contributed by atoms with Gasteiger partial charge in [0.25, 0.3) is 0 Å². The van der Waals surface area contributed by atoms with Crippen molar-refractivity contribution in [3.63, 3.8) is 0 Å². The van der Waals surface area contributed by atoms with Crippen LogP contribution >= 0.6 is 24.8 Å². The Balaban J connectivity index is 3.01. The van der Waals surface area contributed by atoms with Crippen molar-refractivity contribution < 1.29 is 4.79 Å². The van der Waals surface area contributed by atoms with Crippen LogP contribution in [0.1, 0.15) is 24.8 Å². The minimum Gasteiger partial charge on any atom is -0.286 e. The Labute approximate surface area is 94.9 Å². The highest BCUT2D eigenvalue weighted by molar-refractivity contribution is 7.97. The summed E-state index contributed by atoms with van der Waals surface area (Å²) in [5.41, 5.74) is 0.930. The molecule has 0 N–H and O–H groups in total. The fourth-order valence-corrected chi connectivity index (χ4v) is 1.95. The maximum atomic E-state index is 11.3. The predicted molar refractivity (Wildman–Crippen MR) is 66.1 cm³/mol. The largest absolute Gasteiger partial charge is 0.286 e. The molecule has 14 heavy (non-hydrogen) atoms. The van der Waals surface area contributed by atoms with Crippen molar-refractivity contribution >= 4 is 34.8 Å². The third kappa shape index (κ3) is 2.66. The number of benzene rings is 1. The molecule has 1 nitrogen and oxygen atoms in total. The van der Waals surface area contributed by atoms with E-state index in [-0.39, 0.29) is 11.0 Å². The molecule has 0 radical (unpaired) electrons. The van der Waals surface area contributed by atoms with E-state index in [9.17, 15) is 4.79 Å². The Kier molecular flexibility index (Phi) is 4.29. The van der Waals surface area contributed by atoms with E-state index < -0.39 is 0 Å². The molecule has 0 aliphatic heterocycles. The molecule has 0 aliphatic carbocycles. The lowest BCUT2D eigenvalue weighted by Gasteiger charge is -2.13. The van der Waals surface area contributed by atoms with Gasteiger partial charge in [0.15, 0.2) is 5.12 Å². The summed E-state index contributed by atoms with van der Waals surface area (Å²) in [4.78, 5) is 12.1. The van der Waals surface area contributed by atoms with Crippen LogP contribution in [0.15, 0.2) is 30.3 Å². The van der Waals surface area contributed by atoms with Crippen molar-refractivity contribution in [2.24, 2.45) is 0 Å². The van der Waals surface area contributed by atoms with Crippen LogP contribution in [0.4, 0.5) is 0 Å². The number of hydrogen-bond donors (Lipinski definition) is 1. The van der Waals surface area contributed by atoms with Crippen LogP contribution in [0.2, 0.25) is 0 Å². The molecule has 1 rings (SSSR count). The molecule has 0 saturated heterocycles. The summed E-state index contributed by atoms with van der Waals surface area (Å²) in [6.07, 6.45) is 0.723. The monoisotopic (exact) mass is 224 g/mol. The Bertz CT molecular complexity index is 332. The molecule has 1 aromatic carbocycles. The molecule has 0 aromatic heterocycles. The minimum atomic E-state index is -0.334. The molecule has 1 aromatic rings.